The SMILES string of the molecule is CCCCCCN(CCCCCC)C(=O)CCNC. The second kappa shape index (κ2) is 13.9. The minimum atomic E-state index is 0.322. The molecule has 0 aromatic rings. The van der Waals surface area contributed by atoms with E-state index in [0.717, 1.165) is 32.5 Å². The molecule has 0 spiro atoms. The summed E-state index contributed by atoms with van der Waals surface area (Å²) in [5, 5.41) is 3.06. The molecule has 0 bridgehead atoms. The van der Waals surface area contributed by atoms with Crippen molar-refractivity contribution >= 4 is 5.91 Å². The predicted octanol–water partition coefficient (Wildman–Crippen LogP) is 3.59. The molecule has 3 nitrogen and oxygen atoms in total. The van der Waals surface area contributed by atoms with Gasteiger partial charge in [-0.25, -0.2) is 0 Å². The summed E-state index contributed by atoms with van der Waals surface area (Å²) in [6.07, 6.45) is 10.5. The van der Waals surface area contributed by atoms with Gasteiger partial charge in [-0.2, -0.15) is 0 Å². The number of nitrogens with one attached hydrogen (secondary N) is 1. The van der Waals surface area contributed by atoms with Gasteiger partial charge in [0.15, 0.2) is 0 Å². The zero-order chi connectivity index (χ0) is 14.3. The van der Waals surface area contributed by atoms with Crippen LogP contribution >= 0.6 is 0 Å². The molecule has 0 heterocycles. The van der Waals surface area contributed by atoms with Crippen LogP contribution in [0.2, 0.25) is 0 Å². The molecular weight excluding hydrogens is 236 g/mol. The molecule has 0 atom stereocenters. The standard InChI is InChI=1S/C16H34N2O/c1-4-6-8-10-14-18(15-11-9-7-5-2)16(19)12-13-17-3/h17H,4-15H2,1-3H3. The molecule has 19 heavy (non-hydrogen) atoms. The highest BCUT2D eigenvalue weighted by Crippen LogP contribution is 2.06. The van der Waals surface area contributed by atoms with Crippen molar-refractivity contribution in [2.24, 2.45) is 0 Å². The van der Waals surface area contributed by atoms with E-state index in [0.29, 0.717) is 12.3 Å². The second-order valence-corrected chi connectivity index (χ2v) is 5.36. The second-order valence-electron chi connectivity index (χ2n) is 5.36. The lowest BCUT2D eigenvalue weighted by molar-refractivity contribution is -0.131. The molecule has 0 saturated heterocycles. The molecule has 0 saturated carbocycles. The van der Waals surface area contributed by atoms with Crippen molar-refractivity contribution < 1.29 is 4.79 Å². The molecular formula is C16H34N2O. The molecule has 0 aliphatic heterocycles. The van der Waals surface area contributed by atoms with Crippen molar-refractivity contribution in [3.8, 4) is 0 Å². The predicted molar refractivity (Wildman–Crippen MR) is 83.4 cm³/mol. The average Bonchev–Trinajstić information content (AvgIpc) is 2.43. The molecule has 1 N–H and O–H groups in total. The van der Waals surface area contributed by atoms with Crippen molar-refractivity contribution in [1.82, 2.24) is 10.2 Å². The average molecular weight is 270 g/mol. The first kappa shape index (κ1) is 18.4. The first-order valence-corrected chi connectivity index (χ1v) is 8.18. The van der Waals surface area contributed by atoms with Crippen LogP contribution < -0.4 is 5.32 Å². The smallest absolute Gasteiger partial charge is 0.223 e. The van der Waals surface area contributed by atoms with E-state index in [4.69, 9.17) is 0 Å². The zero-order valence-electron chi connectivity index (χ0n) is 13.3. The summed E-state index contributed by atoms with van der Waals surface area (Å²) in [5.74, 6) is 0.322. The van der Waals surface area contributed by atoms with E-state index in [2.05, 4.69) is 24.1 Å². The summed E-state index contributed by atoms with van der Waals surface area (Å²) < 4.78 is 0. The Balaban J connectivity index is 3.94. The van der Waals surface area contributed by atoms with Gasteiger partial charge in [-0.1, -0.05) is 52.4 Å². The monoisotopic (exact) mass is 270 g/mol. The number of hydrogen-bond acceptors (Lipinski definition) is 2. The van der Waals surface area contributed by atoms with E-state index >= 15 is 0 Å². The van der Waals surface area contributed by atoms with Crippen LogP contribution in [0.15, 0.2) is 0 Å². The van der Waals surface area contributed by atoms with Gasteiger partial charge in [0.25, 0.3) is 0 Å². The van der Waals surface area contributed by atoms with Crippen molar-refractivity contribution in [3.63, 3.8) is 0 Å². The number of unbranched alkanes of at least 4 members (excludes halogenated alkanes) is 6. The fourth-order valence-corrected chi connectivity index (χ4v) is 2.21. The van der Waals surface area contributed by atoms with Gasteiger partial charge in [-0.05, 0) is 19.9 Å². The van der Waals surface area contributed by atoms with Gasteiger partial charge in [0.2, 0.25) is 5.91 Å². The fraction of sp³-hybridized carbons (Fsp3) is 0.938. The number of nitrogens with zero attached hydrogens (tertiary/aromatic N) is 1. The van der Waals surface area contributed by atoms with Gasteiger partial charge in [-0.15, -0.1) is 0 Å². The third-order valence-electron chi connectivity index (χ3n) is 3.50. The van der Waals surface area contributed by atoms with Gasteiger partial charge < -0.3 is 10.2 Å². The Morgan fingerprint density at radius 1 is 0.895 bits per heavy atom. The Bertz CT molecular complexity index is 195. The molecule has 0 rings (SSSR count). The molecule has 0 aliphatic carbocycles. The summed E-state index contributed by atoms with van der Waals surface area (Å²) >= 11 is 0. The van der Waals surface area contributed by atoms with Crippen molar-refractivity contribution in [1.29, 1.82) is 0 Å². The van der Waals surface area contributed by atoms with Gasteiger partial charge in [-0.3, -0.25) is 4.79 Å². The van der Waals surface area contributed by atoms with E-state index in [1.54, 1.807) is 0 Å². The Labute approximate surface area is 120 Å². The van der Waals surface area contributed by atoms with E-state index in [9.17, 15) is 4.79 Å². The quantitative estimate of drug-likeness (QED) is 0.519. The van der Waals surface area contributed by atoms with E-state index in [-0.39, 0.29) is 0 Å². The normalized spacial score (nSPS) is 10.7. The summed E-state index contributed by atoms with van der Waals surface area (Å²) in [7, 11) is 1.90. The van der Waals surface area contributed by atoms with Crippen LogP contribution in [-0.2, 0) is 4.79 Å². The maximum atomic E-state index is 12.1. The van der Waals surface area contributed by atoms with E-state index in [1.807, 2.05) is 7.05 Å². The minimum Gasteiger partial charge on any atom is -0.343 e. The van der Waals surface area contributed by atoms with Crippen LogP contribution in [-0.4, -0.2) is 37.5 Å². The Morgan fingerprint density at radius 2 is 1.42 bits per heavy atom. The molecule has 0 aliphatic rings. The van der Waals surface area contributed by atoms with Crippen LogP contribution in [0.3, 0.4) is 0 Å². The molecule has 0 radical (unpaired) electrons. The number of carbonyl (C=O) groups excluding carboxylic acids is 1. The lowest BCUT2D eigenvalue weighted by Crippen LogP contribution is -2.34. The molecule has 0 aromatic heterocycles. The highest BCUT2D eigenvalue weighted by molar-refractivity contribution is 5.76. The number of rotatable bonds is 13. The highest BCUT2D eigenvalue weighted by Gasteiger charge is 2.11. The lowest BCUT2D eigenvalue weighted by atomic mass is 10.1. The first-order chi connectivity index (χ1) is 9.26. The van der Waals surface area contributed by atoms with E-state index in [1.165, 1.54) is 38.5 Å². The molecule has 3 heteroatoms. The van der Waals surface area contributed by atoms with Crippen molar-refractivity contribution in [3.05, 3.63) is 0 Å². The largest absolute Gasteiger partial charge is 0.343 e. The number of hydrogen-bond donors (Lipinski definition) is 1. The van der Waals surface area contributed by atoms with Crippen LogP contribution in [0.25, 0.3) is 0 Å². The van der Waals surface area contributed by atoms with Crippen LogP contribution in [0.1, 0.15) is 71.6 Å². The van der Waals surface area contributed by atoms with Gasteiger partial charge in [0, 0.05) is 26.1 Å². The van der Waals surface area contributed by atoms with Crippen LogP contribution in [0, 0.1) is 0 Å². The molecule has 0 aromatic carbocycles. The molecule has 114 valence electrons. The molecule has 0 fully saturated rings. The zero-order valence-corrected chi connectivity index (χ0v) is 13.3. The molecule has 0 unspecified atom stereocenters. The first-order valence-electron chi connectivity index (χ1n) is 8.18. The van der Waals surface area contributed by atoms with Crippen LogP contribution in [0.5, 0.6) is 0 Å². The highest BCUT2D eigenvalue weighted by atomic mass is 16.2. The lowest BCUT2D eigenvalue weighted by Gasteiger charge is -2.23. The maximum Gasteiger partial charge on any atom is 0.223 e. The van der Waals surface area contributed by atoms with Gasteiger partial charge >= 0.3 is 0 Å². The summed E-state index contributed by atoms with van der Waals surface area (Å²) in [6, 6.07) is 0. The summed E-state index contributed by atoms with van der Waals surface area (Å²) in [4.78, 5) is 14.2. The van der Waals surface area contributed by atoms with Crippen molar-refractivity contribution in [2.75, 3.05) is 26.7 Å². The van der Waals surface area contributed by atoms with Crippen molar-refractivity contribution in [2.45, 2.75) is 71.6 Å². The third kappa shape index (κ3) is 11.0. The van der Waals surface area contributed by atoms with Crippen LogP contribution in [0.4, 0.5) is 0 Å². The maximum absolute atomic E-state index is 12.1. The molecule has 1 amide bonds. The van der Waals surface area contributed by atoms with Gasteiger partial charge in [0.05, 0.1) is 0 Å². The minimum absolute atomic E-state index is 0.322. The van der Waals surface area contributed by atoms with Gasteiger partial charge in [0.1, 0.15) is 0 Å². The Hall–Kier alpha value is -0.570. The number of amides is 1. The number of carbonyl (C=O) groups is 1. The Morgan fingerprint density at radius 3 is 1.84 bits per heavy atom. The Kier molecular flexibility index (Phi) is 13.4. The summed E-state index contributed by atoms with van der Waals surface area (Å²) in [6.45, 7) is 7.14. The van der Waals surface area contributed by atoms with E-state index < -0.39 is 0 Å². The topological polar surface area (TPSA) is 32.3 Å². The fourth-order valence-electron chi connectivity index (χ4n) is 2.21. The summed E-state index contributed by atoms with van der Waals surface area (Å²) in [5.41, 5.74) is 0. The third-order valence-corrected chi connectivity index (χ3v) is 3.50.